The van der Waals surface area contributed by atoms with Crippen LogP contribution in [0.15, 0.2) is 22.6 Å². The SMILES string of the molecule is NCc1nnc(Nc2cccc(Cl)c2Cl)o1. The number of benzene rings is 1. The lowest BCUT2D eigenvalue weighted by Gasteiger charge is -2.04. The van der Waals surface area contributed by atoms with Gasteiger partial charge in [0.05, 0.1) is 22.3 Å². The molecule has 0 amide bonds. The van der Waals surface area contributed by atoms with Crippen molar-refractivity contribution in [2.45, 2.75) is 6.54 Å². The fraction of sp³-hybridized carbons (Fsp3) is 0.111. The Morgan fingerprint density at radius 2 is 2.12 bits per heavy atom. The highest BCUT2D eigenvalue weighted by molar-refractivity contribution is 6.43. The molecule has 0 unspecified atom stereocenters. The van der Waals surface area contributed by atoms with Gasteiger partial charge in [-0.25, -0.2) is 0 Å². The van der Waals surface area contributed by atoms with Crippen LogP contribution in [0.4, 0.5) is 11.7 Å². The van der Waals surface area contributed by atoms with Gasteiger partial charge in [-0.05, 0) is 12.1 Å². The third kappa shape index (κ3) is 2.27. The summed E-state index contributed by atoms with van der Waals surface area (Å²) in [5.74, 6) is 0.348. The summed E-state index contributed by atoms with van der Waals surface area (Å²) in [4.78, 5) is 0. The standard InChI is InChI=1S/C9H8Cl2N4O/c10-5-2-1-3-6(8(5)11)13-9-15-14-7(4-12)16-9/h1-3H,4,12H2,(H,13,15). The number of anilines is 2. The first-order valence-corrected chi connectivity index (χ1v) is 5.20. The number of rotatable bonds is 3. The van der Waals surface area contributed by atoms with Crippen molar-refractivity contribution in [2.24, 2.45) is 5.73 Å². The molecule has 0 saturated carbocycles. The number of hydrogen-bond donors (Lipinski definition) is 2. The number of nitrogens with two attached hydrogens (primary N) is 1. The van der Waals surface area contributed by atoms with Crippen LogP contribution in [0.25, 0.3) is 0 Å². The molecule has 1 aromatic heterocycles. The molecular weight excluding hydrogens is 251 g/mol. The third-order valence-electron chi connectivity index (χ3n) is 1.83. The number of hydrogen-bond acceptors (Lipinski definition) is 5. The minimum Gasteiger partial charge on any atom is -0.406 e. The van der Waals surface area contributed by atoms with Crippen LogP contribution < -0.4 is 11.1 Å². The van der Waals surface area contributed by atoms with E-state index in [1.807, 2.05) is 0 Å². The summed E-state index contributed by atoms with van der Waals surface area (Å²) < 4.78 is 5.17. The molecule has 1 heterocycles. The number of nitrogens with zero attached hydrogens (tertiary/aromatic N) is 2. The second-order valence-corrected chi connectivity index (χ2v) is 3.72. The second-order valence-electron chi connectivity index (χ2n) is 2.93. The van der Waals surface area contributed by atoms with Gasteiger partial charge >= 0.3 is 6.01 Å². The Bertz CT molecular complexity index is 500. The molecular formula is C9H8Cl2N4O. The average Bonchev–Trinajstić information content (AvgIpc) is 2.73. The predicted octanol–water partition coefficient (Wildman–Crippen LogP) is 2.58. The molecule has 3 N–H and O–H groups in total. The van der Waals surface area contributed by atoms with Crippen molar-refractivity contribution in [2.75, 3.05) is 5.32 Å². The topological polar surface area (TPSA) is 77.0 Å². The minimum absolute atomic E-state index is 0.192. The fourth-order valence-corrected chi connectivity index (χ4v) is 1.45. The fourth-order valence-electron chi connectivity index (χ4n) is 1.10. The van der Waals surface area contributed by atoms with Gasteiger partial charge in [0.25, 0.3) is 0 Å². The third-order valence-corrected chi connectivity index (χ3v) is 2.65. The molecule has 0 aliphatic heterocycles. The van der Waals surface area contributed by atoms with Gasteiger partial charge in [0.1, 0.15) is 0 Å². The molecule has 0 aliphatic rings. The van der Waals surface area contributed by atoms with E-state index in [0.717, 1.165) is 0 Å². The lowest BCUT2D eigenvalue weighted by Crippen LogP contribution is -1.95. The molecule has 0 saturated heterocycles. The van der Waals surface area contributed by atoms with E-state index in [9.17, 15) is 0 Å². The van der Waals surface area contributed by atoms with Crippen LogP contribution in [-0.4, -0.2) is 10.2 Å². The lowest BCUT2D eigenvalue weighted by atomic mass is 10.3. The molecule has 0 aliphatic carbocycles. The second kappa shape index (κ2) is 4.69. The van der Waals surface area contributed by atoms with Crippen LogP contribution in [0.5, 0.6) is 0 Å². The highest BCUT2D eigenvalue weighted by atomic mass is 35.5. The van der Waals surface area contributed by atoms with Gasteiger partial charge in [-0.3, -0.25) is 0 Å². The zero-order valence-electron chi connectivity index (χ0n) is 8.08. The monoisotopic (exact) mass is 258 g/mol. The summed E-state index contributed by atoms with van der Waals surface area (Å²) in [6, 6.07) is 5.43. The normalized spacial score (nSPS) is 10.4. The predicted molar refractivity (Wildman–Crippen MR) is 61.9 cm³/mol. The Morgan fingerprint density at radius 1 is 1.31 bits per heavy atom. The lowest BCUT2D eigenvalue weighted by molar-refractivity contribution is 0.511. The van der Waals surface area contributed by atoms with E-state index in [2.05, 4.69) is 15.5 Å². The van der Waals surface area contributed by atoms with E-state index in [1.54, 1.807) is 18.2 Å². The van der Waals surface area contributed by atoms with Crippen molar-refractivity contribution in [1.82, 2.24) is 10.2 Å². The van der Waals surface area contributed by atoms with Gasteiger partial charge < -0.3 is 15.5 Å². The van der Waals surface area contributed by atoms with Gasteiger partial charge in [-0.15, -0.1) is 5.10 Å². The molecule has 0 atom stereocenters. The van der Waals surface area contributed by atoms with Gasteiger partial charge in [-0.2, -0.15) is 0 Å². The Labute approximate surface area is 102 Å². The molecule has 7 heteroatoms. The van der Waals surface area contributed by atoms with E-state index < -0.39 is 0 Å². The van der Waals surface area contributed by atoms with Crippen molar-refractivity contribution in [3.05, 3.63) is 34.1 Å². The highest BCUT2D eigenvalue weighted by Crippen LogP contribution is 2.31. The first-order chi connectivity index (χ1) is 7.70. The molecule has 2 rings (SSSR count). The molecule has 16 heavy (non-hydrogen) atoms. The number of aromatic nitrogens is 2. The maximum Gasteiger partial charge on any atom is 0.320 e. The van der Waals surface area contributed by atoms with Crippen LogP contribution in [0.1, 0.15) is 5.89 Å². The van der Waals surface area contributed by atoms with Crippen molar-refractivity contribution < 1.29 is 4.42 Å². The molecule has 0 spiro atoms. The molecule has 1 aromatic carbocycles. The zero-order valence-corrected chi connectivity index (χ0v) is 9.59. The van der Waals surface area contributed by atoms with Crippen molar-refractivity contribution in [3.8, 4) is 0 Å². The number of nitrogens with one attached hydrogen (secondary N) is 1. The Balaban J connectivity index is 2.23. The summed E-state index contributed by atoms with van der Waals surface area (Å²) in [6.45, 7) is 0.192. The summed E-state index contributed by atoms with van der Waals surface area (Å²) >= 11 is 11.8. The zero-order chi connectivity index (χ0) is 11.5. The van der Waals surface area contributed by atoms with Crippen LogP contribution >= 0.6 is 23.2 Å². The Morgan fingerprint density at radius 3 is 2.81 bits per heavy atom. The molecule has 0 fully saturated rings. The van der Waals surface area contributed by atoms with Gasteiger partial charge in [0, 0.05) is 0 Å². The first-order valence-electron chi connectivity index (χ1n) is 4.44. The molecule has 2 aromatic rings. The minimum atomic E-state index is 0.192. The van der Waals surface area contributed by atoms with Gasteiger partial charge in [0.15, 0.2) is 0 Å². The van der Waals surface area contributed by atoms with Crippen LogP contribution in [-0.2, 0) is 6.54 Å². The summed E-state index contributed by atoms with van der Waals surface area (Å²) in [5, 5.41) is 11.2. The van der Waals surface area contributed by atoms with Crippen molar-refractivity contribution in [1.29, 1.82) is 0 Å². The van der Waals surface area contributed by atoms with E-state index >= 15 is 0 Å². The van der Waals surface area contributed by atoms with E-state index in [-0.39, 0.29) is 12.6 Å². The summed E-state index contributed by atoms with van der Waals surface area (Å²) in [6.07, 6.45) is 0. The van der Waals surface area contributed by atoms with Gasteiger partial charge in [0.2, 0.25) is 5.89 Å². The first kappa shape index (κ1) is 11.2. The highest BCUT2D eigenvalue weighted by Gasteiger charge is 2.08. The van der Waals surface area contributed by atoms with Crippen molar-refractivity contribution in [3.63, 3.8) is 0 Å². The molecule has 0 bridgehead atoms. The average molecular weight is 259 g/mol. The molecule has 5 nitrogen and oxygen atoms in total. The Kier molecular flexibility index (Phi) is 3.28. The summed E-state index contributed by atoms with van der Waals surface area (Å²) in [7, 11) is 0. The maximum atomic E-state index is 5.97. The smallest absolute Gasteiger partial charge is 0.320 e. The summed E-state index contributed by atoms with van der Waals surface area (Å²) in [5.41, 5.74) is 5.94. The largest absolute Gasteiger partial charge is 0.406 e. The maximum absolute atomic E-state index is 5.97. The Hall–Kier alpha value is -1.30. The van der Waals surface area contributed by atoms with Crippen LogP contribution in [0, 0.1) is 0 Å². The van der Waals surface area contributed by atoms with E-state index in [0.29, 0.717) is 21.6 Å². The molecule has 0 radical (unpaired) electrons. The van der Waals surface area contributed by atoms with Gasteiger partial charge in [-0.1, -0.05) is 34.4 Å². The number of halogens is 2. The van der Waals surface area contributed by atoms with E-state index in [4.69, 9.17) is 33.4 Å². The molecule has 84 valence electrons. The van der Waals surface area contributed by atoms with Crippen LogP contribution in [0.2, 0.25) is 10.0 Å². The van der Waals surface area contributed by atoms with E-state index in [1.165, 1.54) is 0 Å². The quantitative estimate of drug-likeness (QED) is 0.885. The van der Waals surface area contributed by atoms with Crippen molar-refractivity contribution >= 4 is 34.9 Å². The van der Waals surface area contributed by atoms with Crippen LogP contribution in [0.3, 0.4) is 0 Å².